The largest absolute Gasteiger partial charge is 0.459 e. The minimum Gasteiger partial charge on any atom is -0.459 e. The predicted octanol–water partition coefficient (Wildman–Crippen LogP) is 6.76. The number of hydrogen-bond donors (Lipinski definition) is 1. The Hall–Kier alpha value is -3.55. The number of Topliss-reactive ketones (excluding diaryl/α,β-unsaturated/α-hetero) is 1. The van der Waals surface area contributed by atoms with Crippen LogP contribution in [0.5, 0.6) is 0 Å². The Morgan fingerprint density at radius 1 is 1.00 bits per heavy atom. The summed E-state index contributed by atoms with van der Waals surface area (Å²) < 4.78 is 6.95. The number of rotatable bonds is 15. The summed E-state index contributed by atoms with van der Waals surface area (Å²) in [6.07, 6.45) is 15.4. The van der Waals surface area contributed by atoms with Crippen molar-refractivity contribution in [2.24, 2.45) is 0 Å². The van der Waals surface area contributed by atoms with E-state index in [9.17, 15) is 9.59 Å². The number of carbonyl (C=O) groups is 2. The maximum Gasteiger partial charge on any atom is 0.328 e. The van der Waals surface area contributed by atoms with Gasteiger partial charge in [0.2, 0.25) is 5.95 Å². The monoisotopic (exact) mass is 519 g/mol. The molecule has 0 atom stereocenters. The molecule has 0 amide bonds. The minimum atomic E-state index is -0.595. The molecule has 1 aromatic carbocycles. The first kappa shape index (κ1) is 29.0. The minimum absolute atomic E-state index is 0.0698. The molecule has 3 rings (SSSR count). The van der Waals surface area contributed by atoms with Crippen LogP contribution in [0.2, 0.25) is 0 Å². The molecule has 0 aliphatic heterocycles. The van der Waals surface area contributed by atoms with Gasteiger partial charge in [0.25, 0.3) is 0 Å². The van der Waals surface area contributed by atoms with Crippen LogP contribution in [-0.2, 0) is 16.1 Å². The van der Waals surface area contributed by atoms with Crippen molar-refractivity contribution in [1.29, 1.82) is 0 Å². The molecule has 2 heterocycles. The third kappa shape index (κ3) is 8.78. The van der Waals surface area contributed by atoms with Gasteiger partial charge < -0.3 is 10.1 Å². The van der Waals surface area contributed by atoms with E-state index in [1.807, 2.05) is 45.0 Å². The summed E-state index contributed by atoms with van der Waals surface area (Å²) in [7, 11) is 0. The van der Waals surface area contributed by atoms with Crippen molar-refractivity contribution in [2.45, 2.75) is 91.2 Å². The average Bonchev–Trinajstić information content (AvgIpc) is 3.22. The smallest absolute Gasteiger partial charge is 0.328 e. The van der Waals surface area contributed by atoms with Crippen LogP contribution in [0.25, 0.3) is 22.0 Å². The topological polar surface area (TPSA) is 99.0 Å². The fraction of sp³-hybridized carbons (Fsp3) is 0.500. The number of anilines is 1. The van der Waals surface area contributed by atoms with Gasteiger partial charge in [-0.1, -0.05) is 44.2 Å². The number of carbonyl (C=O) groups excluding carboxylic acids is 2. The van der Waals surface area contributed by atoms with Crippen LogP contribution < -0.4 is 5.32 Å². The summed E-state index contributed by atoms with van der Waals surface area (Å²) in [5, 5.41) is 8.39. The maximum absolute atomic E-state index is 12.4. The fourth-order valence-corrected chi connectivity index (χ4v) is 4.30. The van der Waals surface area contributed by atoms with Crippen LogP contribution in [-0.4, -0.2) is 43.6 Å². The van der Waals surface area contributed by atoms with E-state index in [0.717, 1.165) is 30.5 Å². The van der Waals surface area contributed by atoms with Crippen LogP contribution in [0.3, 0.4) is 0 Å². The van der Waals surface area contributed by atoms with Gasteiger partial charge in [-0.3, -0.25) is 14.3 Å². The van der Waals surface area contributed by atoms with Gasteiger partial charge >= 0.3 is 5.97 Å². The number of hydrogen-bond acceptors (Lipinski definition) is 7. The quantitative estimate of drug-likeness (QED) is 0.103. The van der Waals surface area contributed by atoms with E-state index in [0.29, 0.717) is 22.5 Å². The van der Waals surface area contributed by atoms with Crippen molar-refractivity contribution >= 4 is 28.6 Å². The highest BCUT2D eigenvalue weighted by atomic mass is 16.6. The lowest BCUT2D eigenvalue weighted by molar-refractivity contribution is -0.155. The average molecular weight is 520 g/mol. The first-order chi connectivity index (χ1) is 18.2. The van der Waals surface area contributed by atoms with Gasteiger partial charge in [0.05, 0.1) is 5.52 Å². The number of ketones is 1. The SMILES string of the molecule is C=CCCCCCCCCCNc1ncc(-c2ccc3c(c2)c(C(C)=O)nn3CC(=O)OC(C)(C)C)cn1. The standard InChI is InChI=1S/C30H41N5O3/c1-6-7-8-9-10-11-12-13-14-17-31-29-32-19-24(20-33-29)23-15-16-26-25(18-23)28(22(2)36)34-35(26)21-27(37)38-30(3,4)5/h6,15-16,18-20H,1,7-14,17,21H2,2-5H3,(H,31,32,33). The third-order valence-electron chi connectivity index (χ3n) is 6.14. The van der Waals surface area contributed by atoms with E-state index in [-0.39, 0.29) is 12.3 Å². The van der Waals surface area contributed by atoms with Crippen LogP contribution in [0.15, 0.2) is 43.2 Å². The Balaban J connectivity index is 1.58. The van der Waals surface area contributed by atoms with E-state index in [1.54, 1.807) is 12.4 Å². The van der Waals surface area contributed by atoms with Crippen molar-refractivity contribution in [2.75, 3.05) is 11.9 Å². The van der Waals surface area contributed by atoms with E-state index >= 15 is 0 Å². The van der Waals surface area contributed by atoms with Crippen molar-refractivity contribution in [3.63, 3.8) is 0 Å². The molecule has 2 aromatic heterocycles. The van der Waals surface area contributed by atoms with Crippen LogP contribution >= 0.6 is 0 Å². The van der Waals surface area contributed by atoms with Gasteiger partial charge in [-0.25, -0.2) is 9.97 Å². The highest BCUT2D eigenvalue weighted by Crippen LogP contribution is 2.27. The van der Waals surface area contributed by atoms with Gasteiger partial charge in [0, 0.05) is 36.8 Å². The molecule has 0 spiro atoms. The highest BCUT2D eigenvalue weighted by molar-refractivity contribution is 6.06. The molecule has 8 nitrogen and oxygen atoms in total. The molecule has 8 heteroatoms. The number of nitrogens with one attached hydrogen (secondary N) is 1. The number of benzene rings is 1. The summed E-state index contributed by atoms with van der Waals surface area (Å²) in [6, 6.07) is 5.68. The number of aromatic nitrogens is 4. The second-order valence-electron chi connectivity index (χ2n) is 10.7. The summed E-state index contributed by atoms with van der Waals surface area (Å²) >= 11 is 0. The lowest BCUT2D eigenvalue weighted by Crippen LogP contribution is -2.26. The number of nitrogens with zero attached hydrogens (tertiary/aromatic N) is 4. The van der Waals surface area contributed by atoms with Gasteiger partial charge in [-0.05, 0) is 57.7 Å². The molecule has 0 aliphatic rings. The van der Waals surface area contributed by atoms with Crippen molar-refractivity contribution in [1.82, 2.24) is 19.7 Å². The molecule has 0 aliphatic carbocycles. The number of ether oxygens (including phenoxy) is 1. The van der Waals surface area contributed by atoms with Crippen LogP contribution in [0, 0.1) is 0 Å². The summed E-state index contributed by atoms with van der Waals surface area (Å²) in [4.78, 5) is 33.6. The zero-order valence-corrected chi connectivity index (χ0v) is 23.3. The Morgan fingerprint density at radius 3 is 2.29 bits per heavy atom. The number of allylic oxidation sites excluding steroid dienone is 1. The van der Waals surface area contributed by atoms with E-state index in [4.69, 9.17) is 4.74 Å². The molecule has 0 saturated heterocycles. The zero-order valence-electron chi connectivity index (χ0n) is 23.3. The maximum atomic E-state index is 12.4. The summed E-state index contributed by atoms with van der Waals surface area (Å²) in [5.74, 6) is 0.0317. The molecule has 0 unspecified atom stereocenters. The second-order valence-corrected chi connectivity index (χ2v) is 10.7. The van der Waals surface area contributed by atoms with Crippen LogP contribution in [0.4, 0.5) is 5.95 Å². The van der Waals surface area contributed by atoms with E-state index in [2.05, 4.69) is 27.0 Å². The Bertz CT molecular complexity index is 1230. The Kier molecular flexibility index (Phi) is 10.6. The molecule has 1 N–H and O–H groups in total. The number of unbranched alkanes of at least 4 members (excludes halogenated alkanes) is 7. The highest BCUT2D eigenvalue weighted by Gasteiger charge is 2.20. The number of esters is 1. The zero-order chi connectivity index (χ0) is 27.5. The normalized spacial score (nSPS) is 11.5. The third-order valence-corrected chi connectivity index (χ3v) is 6.14. The van der Waals surface area contributed by atoms with E-state index in [1.165, 1.54) is 50.1 Å². The number of fused-ring (bicyclic) bond motifs is 1. The first-order valence-corrected chi connectivity index (χ1v) is 13.6. The van der Waals surface area contributed by atoms with Crippen molar-refractivity contribution < 1.29 is 14.3 Å². The van der Waals surface area contributed by atoms with Gasteiger partial charge in [0.1, 0.15) is 17.8 Å². The molecule has 0 radical (unpaired) electrons. The lowest BCUT2D eigenvalue weighted by Gasteiger charge is -2.19. The fourth-order valence-electron chi connectivity index (χ4n) is 4.30. The Labute approximate surface area is 225 Å². The molecule has 204 valence electrons. The molecular weight excluding hydrogens is 478 g/mol. The second kappa shape index (κ2) is 13.8. The molecule has 0 bridgehead atoms. The molecule has 0 saturated carbocycles. The first-order valence-electron chi connectivity index (χ1n) is 13.6. The lowest BCUT2D eigenvalue weighted by atomic mass is 10.0. The molecule has 38 heavy (non-hydrogen) atoms. The van der Waals surface area contributed by atoms with Gasteiger partial charge in [-0.2, -0.15) is 5.10 Å². The Morgan fingerprint density at radius 2 is 1.66 bits per heavy atom. The van der Waals surface area contributed by atoms with Crippen LogP contribution in [0.1, 0.15) is 89.5 Å². The van der Waals surface area contributed by atoms with E-state index < -0.39 is 11.6 Å². The summed E-state index contributed by atoms with van der Waals surface area (Å²) in [6.45, 7) is 11.5. The molecular formula is C30H41N5O3. The molecule has 0 fully saturated rings. The van der Waals surface area contributed by atoms with Crippen molar-refractivity contribution in [3.8, 4) is 11.1 Å². The molecule has 3 aromatic rings. The predicted molar refractivity (Wildman–Crippen MR) is 152 cm³/mol. The van der Waals surface area contributed by atoms with Gasteiger partial charge in [0.15, 0.2) is 5.78 Å². The summed E-state index contributed by atoms with van der Waals surface area (Å²) in [5.41, 5.74) is 2.13. The van der Waals surface area contributed by atoms with Crippen molar-refractivity contribution in [3.05, 3.63) is 48.9 Å². The van der Waals surface area contributed by atoms with Gasteiger partial charge in [-0.15, -0.1) is 6.58 Å².